The summed E-state index contributed by atoms with van der Waals surface area (Å²) in [5.41, 5.74) is 12.9. The summed E-state index contributed by atoms with van der Waals surface area (Å²) in [7, 11) is -4.61. The van der Waals surface area contributed by atoms with Gasteiger partial charge in [-0.3, -0.25) is 0 Å². The van der Waals surface area contributed by atoms with E-state index in [0.717, 1.165) is 0 Å². The third kappa shape index (κ3) is 4.09. The quantitative estimate of drug-likeness (QED) is 0.400. The Balaban J connectivity index is 0.00000220. The van der Waals surface area contributed by atoms with Gasteiger partial charge in [0.05, 0.1) is 16.3 Å². The number of nitrogens with two attached hydrogens (primary N) is 2. The van der Waals surface area contributed by atoms with Gasteiger partial charge in [0, 0.05) is 5.56 Å². The molecule has 0 fully saturated rings. The first-order valence-corrected chi connectivity index (χ1v) is 7.18. The van der Waals surface area contributed by atoms with Gasteiger partial charge >= 0.3 is 29.6 Å². The standard InChI is InChI=1S/C14H14N2O3S.Na/c15-13(10-6-2-1-3-7-10)14(16)11-8-4-5-9-12(11)20(17,18)19;/h1-9H,15-16H2,(H,17,18,19);/q;+1/p-1. The van der Waals surface area contributed by atoms with Crippen molar-refractivity contribution < 1.29 is 42.5 Å². The van der Waals surface area contributed by atoms with Gasteiger partial charge in [-0.1, -0.05) is 48.5 Å². The molecule has 4 N–H and O–H groups in total. The molecule has 0 bridgehead atoms. The summed E-state index contributed by atoms with van der Waals surface area (Å²) < 4.78 is 33.7. The van der Waals surface area contributed by atoms with Crippen LogP contribution in [0.3, 0.4) is 0 Å². The molecule has 5 nitrogen and oxygen atoms in total. The Morgan fingerprint density at radius 1 is 0.857 bits per heavy atom. The number of hydrogen-bond acceptors (Lipinski definition) is 5. The van der Waals surface area contributed by atoms with Crippen LogP contribution in [0.15, 0.2) is 59.5 Å². The Morgan fingerprint density at radius 3 is 1.95 bits per heavy atom. The van der Waals surface area contributed by atoms with Crippen LogP contribution in [-0.2, 0) is 10.1 Å². The summed E-state index contributed by atoms with van der Waals surface area (Å²) >= 11 is 0. The molecular formula is C14H13N2NaO3S. The SMILES string of the molecule is NC(=C(N)c1ccccc1S(=O)(=O)[O-])c1ccccc1.[Na+]. The summed E-state index contributed by atoms with van der Waals surface area (Å²) in [4.78, 5) is -0.378. The molecule has 0 amide bonds. The third-order valence-corrected chi connectivity index (χ3v) is 3.72. The van der Waals surface area contributed by atoms with E-state index < -0.39 is 10.1 Å². The summed E-state index contributed by atoms with van der Waals surface area (Å²) in [6, 6.07) is 14.6. The van der Waals surface area contributed by atoms with Crippen LogP contribution in [0.2, 0.25) is 0 Å². The molecule has 0 saturated carbocycles. The second-order valence-electron chi connectivity index (χ2n) is 4.14. The molecule has 0 aliphatic carbocycles. The van der Waals surface area contributed by atoms with Gasteiger partial charge in [-0.15, -0.1) is 0 Å². The van der Waals surface area contributed by atoms with E-state index >= 15 is 0 Å². The first kappa shape index (κ1) is 17.7. The molecule has 104 valence electrons. The summed E-state index contributed by atoms with van der Waals surface area (Å²) in [6.07, 6.45) is 0. The smallest absolute Gasteiger partial charge is 0.744 e. The molecule has 0 atom stereocenters. The van der Waals surface area contributed by atoms with E-state index in [0.29, 0.717) is 5.56 Å². The Morgan fingerprint density at radius 2 is 1.38 bits per heavy atom. The minimum Gasteiger partial charge on any atom is -0.744 e. The Hall–Kier alpha value is -1.31. The van der Waals surface area contributed by atoms with Crippen molar-refractivity contribution in [2.45, 2.75) is 4.90 Å². The molecule has 0 heterocycles. The molecule has 0 radical (unpaired) electrons. The van der Waals surface area contributed by atoms with Crippen molar-refractivity contribution in [3.63, 3.8) is 0 Å². The van der Waals surface area contributed by atoms with Gasteiger partial charge in [0.1, 0.15) is 10.1 Å². The second kappa shape index (κ2) is 7.11. The summed E-state index contributed by atoms with van der Waals surface area (Å²) in [5.74, 6) is 0. The van der Waals surface area contributed by atoms with Crippen molar-refractivity contribution in [3.8, 4) is 0 Å². The molecule has 2 aromatic rings. The normalized spacial score (nSPS) is 12.2. The number of hydrogen-bond donors (Lipinski definition) is 2. The summed E-state index contributed by atoms with van der Waals surface area (Å²) in [6.45, 7) is 0. The zero-order valence-corrected chi connectivity index (χ0v) is 14.3. The van der Waals surface area contributed by atoms with Crippen molar-refractivity contribution in [1.29, 1.82) is 0 Å². The molecule has 0 aliphatic heterocycles. The van der Waals surface area contributed by atoms with E-state index in [9.17, 15) is 13.0 Å². The van der Waals surface area contributed by atoms with Crippen LogP contribution in [0.5, 0.6) is 0 Å². The molecule has 0 saturated heterocycles. The third-order valence-electron chi connectivity index (χ3n) is 2.82. The van der Waals surface area contributed by atoms with Crippen molar-refractivity contribution >= 4 is 21.5 Å². The van der Waals surface area contributed by atoms with Gasteiger partial charge in [-0.2, -0.15) is 0 Å². The first-order chi connectivity index (χ1) is 9.41. The Bertz CT molecular complexity index is 759. The van der Waals surface area contributed by atoms with Crippen LogP contribution in [0.1, 0.15) is 11.1 Å². The molecule has 2 rings (SSSR count). The minimum atomic E-state index is -4.61. The van der Waals surface area contributed by atoms with Crippen molar-refractivity contribution in [1.82, 2.24) is 0 Å². The maximum Gasteiger partial charge on any atom is 1.00 e. The van der Waals surface area contributed by atoms with Gasteiger partial charge in [-0.05, 0) is 11.6 Å². The van der Waals surface area contributed by atoms with Crippen LogP contribution in [0, 0.1) is 0 Å². The summed E-state index contributed by atoms with van der Waals surface area (Å²) in [5, 5.41) is 0. The van der Waals surface area contributed by atoms with Crippen molar-refractivity contribution in [2.24, 2.45) is 11.5 Å². The first-order valence-electron chi connectivity index (χ1n) is 5.77. The average Bonchev–Trinajstić information content (AvgIpc) is 2.46. The topological polar surface area (TPSA) is 109 Å². The van der Waals surface area contributed by atoms with Crippen LogP contribution >= 0.6 is 0 Å². The molecule has 0 spiro atoms. The van der Waals surface area contributed by atoms with Crippen molar-refractivity contribution in [2.75, 3.05) is 0 Å². The van der Waals surface area contributed by atoms with Gasteiger partial charge in [0.2, 0.25) is 0 Å². The predicted molar refractivity (Wildman–Crippen MR) is 76.0 cm³/mol. The molecular weight excluding hydrogens is 299 g/mol. The largest absolute Gasteiger partial charge is 1.00 e. The van der Waals surface area contributed by atoms with Crippen molar-refractivity contribution in [3.05, 3.63) is 65.7 Å². The zero-order chi connectivity index (χ0) is 14.8. The molecule has 0 aliphatic rings. The Kier molecular flexibility index (Phi) is 6.00. The van der Waals surface area contributed by atoms with E-state index in [1.54, 1.807) is 30.3 Å². The van der Waals surface area contributed by atoms with Crippen LogP contribution in [0.25, 0.3) is 11.4 Å². The number of benzene rings is 2. The van der Waals surface area contributed by atoms with E-state index in [1.807, 2.05) is 6.07 Å². The molecule has 7 heteroatoms. The van der Waals surface area contributed by atoms with Crippen LogP contribution in [-0.4, -0.2) is 13.0 Å². The molecule has 0 aromatic heterocycles. The molecule has 2 aromatic carbocycles. The molecule has 0 unspecified atom stereocenters. The predicted octanol–water partition coefficient (Wildman–Crippen LogP) is -1.66. The van der Waals surface area contributed by atoms with E-state index in [-0.39, 0.29) is 51.4 Å². The zero-order valence-electron chi connectivity index (χ0n) is 11.5. The fraction of sp³-hybridized carbons (Fsp3) is 0. The van der Waals surface area contributed by atoms with E-state index in [4.69, 9.17) is 11.5 Å². The van der Waals surface area contributed by atoms with Gasteiger partial charge in [-0.25, -0.2) is 8.42 Å². The van der Waals surface area contributed by atoms with E-state index in [2.05, 4.69) is 0 Å². The van der Waals surface area contributed by atoms with Gasteiger partial charge in [0.25, 0.3) is 0 Å². The average molecular weight is 312 g/mol. The van der Waals surface area contributed by atoms with Crippen LogP contribution in [0.4, 0.5) is 0 Å². The molecule has 21 heavy (non-hydrogen) atoms. The van der Waals surface area contributed by atoms with Gasteiger partial charge in [0.15, 0.2) is 0 Å². The fourth-order valence-electron chi connectivity index (χ4n) is 1.83. The minimum absolute atomic E-state index is 0. The van der Waals surface area contributed by atoms with E-state index in [1.165, 1.54) is 18.2 Å². The maximum absolute atomic E-state index is 11.2. The number of rotatable bonds is 3. The monoisotopic (exact) mass is 312 g/mol. The fourth-order valence-corrected chi connectivity index (χ4v) is 2.52. The Labute approximate surface area is 145 Å². The van der Waals surface area contributed by atoms with Crippen LogP contribution < -0.4 is 41.0 Å². The second-order valence-corrected chi connectivity index (χ2v) is 5.49. The van der Waals surface area contributed by atoms with Gasteiger partial charge < -0.3 is 16.0 Å². The maximum atomic E-state index is 11.2.